The molecule has 0 saturated heterocycles. The minimum atomic E-state index is -0.100. The van der Waals surface area contributed by atoms with Gasteiger partial charge in [0.15, 0.2) is 0 Å². The highest BCUT2D eigenvalue weighted by atomic mass is 127. The molecule has 0 radical (unpaired) electrons. The van der Waals surface area contributed by atoms with Crippen LogP contribution in [0, 0.1) is 0 Å². The Kier molecular flexibility index (Phi) is 5.03. The molecule has 0 bridgehead atoms. The fourth-order valence-corrected chi connectivity index (χ4v) is 0.900. The number of carbonyl (C=O) groups excluding carboxylic acids is 1. The Balaban J connectivity index is 3.44. The minimum absolute atomic E-state index is 0.0163. The van der Waals surface area contributed by atoms with Gasteiger partial charge >= 0.3 is 5.97 Å². The maximum atomic E-state index is 10.8. The van der Waals surface area contributed by atoms with E-state index in [1.807, 2.05) is 20.8 Å². The maximum absolute atomic E-state index is 10.8. The molecule has 0 amide bonds. The Morgan fingerprint density at radius 3 is 2.30 bits per heavy atom. The van der Waals surface area contributed by atoms with Crippen molar-refractivity contribution in [3.05, 3.63) is 0 Å². The number of carbonyl (C=O) groups is 1. The molecule has 0 heterocycles. The van der Waals surface area contributed by atoms with Gasteiger partial charge < -0.3 is 4.74 Å². The summed E-state index contributed by atoms with van der Waals surface area (Å²) in [6.45, 7) is 5.70. The molecule has 0 aliphatic heterocycles. The lowest BCUT2D eigenvalue weighted by Crippen LogP contribution is -2.13. The third-order valence-corrected chi connectivity index (χ3v) is 1.26. The lowest BCUT2D eigenvalue weighted by molar-refractivity contribution is -0.147. The molecule has 0 saturated carbocycles. The standard InChI is InChI=1S/C7H13IO2/c1-5(2)10-7(9)4-6(3)8/h5-6H,4H2,1-3H3. The third-order valence-electron chi connectivity index (χ3n) is 0.815. The van der Waals surface area contributed by atoms with Crippen LogP contribution in [0.3, 0.4) is 0 Å². The van der Waals surface area contributed by atoms with Crippen LogP contribution in [0.25, 0.3) is 0 Å². The summed E-state index contributed by atoms with van der Waals surface area (Å²) in [5.41, 5.74) is 0. The summed E-state index contributed by atoms with van der Waals surface area (Å²) >= 11 is 2.20. The topological polar surface area (TPSA) is 26.3 Å². The number of esters is 1. The highest BCUT2D eigenvalue weighted by Gasteiger charge is 2.07. The van der Waals surface area contributed by atoms with E-state index < -0.39 is 0 Å². The zero-order valence-electron chi connectivity index (χ0n) is 6.56. The Morgan fingerprint density at radius 1 is 1.50 bits per heavy atom. The summed E-state index contributed by atoms with van der Waals surface area (Å²) in [6, 6.07) is 0. The molecule has 0 rings (SSSR count). The molecular formula is C7H13IO2. The molecule has 1 unspecified atom stereocenters. The number of hydrogen-bond acceptors (Lipinski definition) is 2. The number of alkyl halides is 1. The van der Waals surface area contributed by atoms with E-state index in [9.17, 15) is 4.79 Å². The van der Waals surface area contributed by atoms with E-state index in [0.29, 0.717) is 10.3 Å². The first kappa shape index (κ1) is 10.2. The van der Waals surface area contributed by atoms with Gasteiger partial charge in [-0.2, -0.15) is 0 Å². The molecule has 0 aliphatic rings. The van der Waals surface area contributed by atoms with Crippen LogP contribution in [0.1, 0.15) is 27.2 Å². The molecule has 0 aromatic heterocycles. The van der Waals surface area contributed by atoms with Crippen molar-refractivity contribution < 1.29 is 9.53 Å². The van der Waals surface area contributed by atoms with E-state index in [4.69, 9.17) is 4.74 Å². The Hall–Kier alpha value is 0.200. The normalized spacial score (nSPS) is 13.3. The van der Waals surface area contributed by atoms with Gasteiger partial charge in [0, 0.05) is 3.92 Å². The first-order valence-corrected chi connectivity index (χ1v) is 4.60. The number of hydrogen-bond donors (Lipinski definition) is 0. The summed E-state index contributed by atoms with van der Waals surface area (Å²) in [4.78, 5) is 10.8. The summed E-state index contributed by atoms with van der Waals surface area (Å²) in [5, 5.41) is 0. The molecule has 0 spiro atoms. The molecule has 0 fully saturated rings. The predicted octanol–water partition coefficient (Wildman–Crippen LogP) is 2.15. The van der Waals surface area contributed by atoms with Crippen molar-refractivity contribution in [3.8, 4) is 0 Å². The summed E-state index contributed by atoms with van der Waals surface area (Å²) in [7, 11) is 0. The number of ether oxygens (including phenoxy) is 1. The molecule has 0 aromatic rings. The van der Waals surface area contributed by atoms with Crippen molar-refractivity contribution in [2.75, 3.05) is 0 Å². The second kappa shape index (κ2) is 4.93. The van der Waals surface area contributed by atoms with Gasteiger partial charge in [0.25, 0.3) is 0 Å². The molecular weight excluding hydrogens is 243 g/mol. The van der Waals surface area contributed by atoms with E-state index in [2.05, 4.69) is 22.6 Å². The molecule has 60 valence electrons. The maximum Gasteiger partial charge on any atom is 0.307 e. The second-order valence-corrected chi connectivity index (χ2v) is 4.65. The van der Waals surface area contributed by atoms with Gasteiger partial charge in [-0.3, -0.25) is 4.79 Å². The second-order valence-electron chi connectivity index (χ2n) is 2.52. The molecule has 0 aromatic carbocycles. The van der Waals surface area contributed by atoms with Crippen LogP contribution in [0.2, 0.25) is 0 Å². The first-order chi connectivity index (χ1) is 4.52. The highest BCUT2D eigenvalue weighted by molar-refractivity contribution is 14.1. The van der Waals surface area contributed by atoms with Crippen LogP contribution < -0.4 is 0 Å². The van der Waals surface area contributed by atoms with E-state index in [-0.39, 0.29) is 12.1 Å². The van der Waals surface area contributed by atoms with Crippen LogP contribution in [-0.4, -0.2) is 16.0 Å². The zero-order valence-corrected chi connectivity index (χ0v) is 8.71. The van der Waals surface area contributed by atoms with E-state index >= 15 is 0 Å². The fraction of sp³-hybridized carbons (Fsp3) is 0.857. The largest absolute Gasteiger partial charge is 0.463 e. The zero-order chi connectivity index (χ0) is 8.15. The van der Waals surface area contributed by atoms with Gasteiger partial charge in [0.1, 0.15) is 0 Å². The van der Waals surface area contributed by atoms with Crippen LogP contribution in [0.15, 0.2) is 0 Å². The average molecular weight is 256 g/mol. The van der Waals surface area contributed by atoms with E-state index in [0.717, 1.165) is 0 Å². The minimum Gasteiger partial charge on any atom is -0.463 e. The van der Waals surface area contributed by atoms with Crippen molar-refractivity contribution in [3.63, 3.8) is 0 Å². The van der Waals surface area contributed by atoms with E-state index in [1.165, 1.54) is 0 Å². The van der Waals surface area contributed by atoms with Crippen molar-refractivity contribution in [1.82, 2.24) is 0 Å². The van der Waals surface area contributed by atoms with Gasteiger partial charge in [-0.05, 0) is 13.8 Å². The molecule has 3 heteroatoms. The predicted molar refractivity (Wildman–Crippen MR) is 49.3 cm³/mol. The summed E-state index contributed by atoms with van der Waals surface area (Å²) < 4.78 is 5.28. The van der Waals surface area contributed by atoms with Gasteiger partial charge in [0.2, 0.25) is 0 Å². The highest BCUT2D eigenvalue weighted by Crippen LogP contribution is 2.05. The smallest absolute Gasteiger partial charge is 0.307 e. The molecule has 0 aliphatic carbocycles. The van der Waals surface area contributed by atoms with Crippen LogP contribution in [0.4, 0.5) is 0 Å². The summed E-state index contributed by atoms with van der Waals surface area (Å²) in [5.74, 6) is -0.100. The van der Waals surface area contributed by atoms with Crippen LogP contribution >= 0.6 is 22.6 Å². The molecule has 2 nitrogen and oxygen atoms in total. The Morgan fingerprint density at radius 2 is 2.00 bits per heavy atom. The molecule has 0 N–H and O–H groups in total. The quantitative estimate of drug-likeness (QED) is 0.439. The van der Waals surface area contributed by atoms with Gasteiger partial charge in [0.05, 0.1) is 12.5 Å². The van der Waals surface area contributed by atoms with Crippen molar-refractivity contribution in [2.45, 2.75) is 37.2 Å². The van der Waals surface area contributed by atoms with Gasteiger partial charge in [-0.25, -0.2) is 0 Å². The monoisotopic (exact) mass is 256 g/mol. The summed E-state index contributed by atoms with van der Waals surface area (Å²) in [6.07, 6.45) is 0.529. The van der Waals surface area contributed by atoms with Crippen molar-refractivity contribution in [2.24, 2.45) is 0 Å². The van der Waals surface area contributed by atoms with Crippen LogP contribution in [-0.2, 0) is 9.53 Å². The SMILES string of the molecule is CC(I)CC(=O)OC(C)C. The van der Waals surface area contributed by atoms with E-state index in [1.54, 1.807) is 0 Å². The lowest BCUT2D eigenvalue weighted by atomic mass is 10.3. The Bertz CT molecular complexity index is 98.2. The molecule has 1 atom stereocenters. The van der Waals surface area contributed by atoms with Gasteiger partial charge in [-0.15, -0.1) is 0 Å². The first-order valence-electron chi connectivity index (χ1n) is 3.36. The number of rotatable bonds is 3. The van der Waals surface area contributed by atoms with Crippen molar-refractivity contribution in [1.29, 1.82) is 0 Å². The average Bonchev–Trinajstić information content (AvgIpc) is 1.58. The van der Waals surface area contributed by atoms with Crippen molar-refractivity contribution >= 4 is 28.6 Å². The van der Waals surface area contributed by atoms with Gasteiger partial charge in [-0.1, -0.05) is 29.5 Å². The number of halogens is 1. The molecule has 10 heavy (non-hydrogen) atoms. The fourth-order valence-electron chi connectivity index (χ4n) is 0.541. The third kappa shape index (κ3) is 6.32. The lowest BCUT2D eigenvalue weighted by Gasteiger charge is -2.07. The Labute approximate surface area is 75.5 Å². The van der Waals surface area contributed by atoms with Crippen LogP contribution in [0.5, 0.6) is 0 Å².